The van der Waals surface area contributed by atoms with Gasteiger partial charge in [0.1, 0.15) is 0 Å². The van der Waals surface area contributed by atoms with E-state index >= 15 is 0 Å². The molecule has 3 saturated heterocycles. The minimum atomic E-state index is -0.179. The minimum absolute atomic E-state index is 0.179. The van der Waals surface area contributed by atoms with Gasteiger partial charge in [-0.05, 0) is 44.4 Å². The van der Waals surface area contributed by atoms with Crippen molar-refractivity contribution >= 4 is 5.91 Å². The van der Waals surface area contributed by atoms with Gasteiger partial charge < -0.3 is 9.64 Å². The van der Waals surface area contributed by atoms with Gasteiger partial charge in [-0.15, -0.1) is 0 Å². The van der Waals surface area contributed by atoms with Gasteiger partial charge in [0, 0.05) is 0 Å². The molecule has 19 heavy (non-hydrogen) atoms. The van der Waals surface area contributed by atoms with Crippen LogP contribution in [0.5, 0.6) is 0 Å². The maximum Gasteiger partial charge on any atom is 0.244 e. The van der Waals surface area contributed by atoms with Crippen molar-refractivity contribution < 1.29 is 9.53 Å². The zero-order chi connectivity index (χ0) is 13.2. The van der Waals surface area contributed by atoms with Crippen molar-refractivity contribution in [3.8, 4) is 0 Å². The van der Waals surface area contributed by atoms with Crippen LogP contribution in [0.1, 0.15) is 52.4 Å². The smallest absolute Gasteiger partial charge is 0.244 e. The normalized spacial score (nSPS) is 42.9. The third kappa shape index (κ3) is 1.76. The number of rotatable bonds is 3. The maximum atomic E-state index is 12.8. The summed E-state index contributed by atoms with van der Waals surface area (Å²) in [5, 5.41) is 3.63. The van der Waals surface area contributed by atoms with Gasteiger partial charge in [0.2, 0.25) is 5.91 Å². The molecule has 0 aromatic heterocycles. The number of fused-ring (bicyclic) bond motifs is 2. The van der Waals surface area contributed by atoms with Crippen LogP contribution >= 0.6 is 0 Å². The summed E-state index contributed by atoms with van der Waals surface area (Å²) >= 11 is 0. The van der Waals surface area contributed by atoms with E-state index in [1.165, 1.54) is 6.42 Å². The van der Waals surface area contributed by atoms with Crippen LogP contribution in [0, 0.1) is 5.92 Å². The van der Waals surface area contributed by atoms with E-state index in [4.69, 9.17) is 4.74 Å². The Kier molecular flexibility index (Phi) is 2.53. The van der Waals surface area contributed by atoms with Crippen molar-refractivity contribution in [2.45, 2.75) is 82.3 Å². The Labute approximate surface area is 114 Å². The molecule has 1 aliphatic carbocycles. The molecule has 4 nitrogen and oxygen atoms in total. The number of hydrogen-bond acceptors (Lipinski definition) is 3. The molecule has 4 fully saturated rings. The van der Waals surface area contributed by atoms with E-state index in [1.54, 1.807) is 0 Å². The lowest BCUT2D eigenvalue weighted by Gasteiger charge is -2.34. The molecule has 4 aliphatic rings. The average molecular weight is 264 g/mol. The van der Waals surface area contributed by atoms with E-state index in [9.17, 15) is 4.79 Å². The molecule has 4 atom stereocenters. The number of carbonyl (C=O) groups excluding carboxylic acids is 1. The maximum absolute atomic E-state index is 12.8. The van der Waals surface area contributed by atoms with Crippen molar-refractivity contribution in [2.75, 3.05) is 0 Å². The summed E-state index contributed by atoms with van der Waals surface area (Å²) in [6.45, 7) is 4.47. The predicted octanol–water partition coefficient (Wildman–Crippen LogP) is 1.64. The Hall–Kier alpha value is -0.610. The SMILES string of the molecule is CC(C)CC1NC2(CC2)C(=O)N1C1CC2CCC1O2. The van der Waals surface area contributed by atoms with Crippen molar-refractivity contribution in [3.63, 3.8) is 0 Å². The number of nitrogens with zero attached hydrogens (tertiary/aromatic N) is 1. The fourth-order valence-electron chi connectivity index (χ4n) is 4.23. The second-order valence-electron chi connectivity index (χ2n) is 7.26. The molecule has 2 bridgehead atoms. The second kappa shape index (κ2) is 3.95. The van der Waals surface area contributed by atoms with Gasteiger partial charge in [-0.25, -0.2) is 0 Å². The van der Waals surface area contributed by atoms with E-state index in [0.717, 1.165) is 32.1 Å². The summed E-state index contributed by atoms with van der Waals surface area (Å²) in [5.41, 5.74) is -0.179. The summed E-state index contributed by atoms with van der Waals surface area (Å²) in [6, 6.07) is 0.336. The van der Waals surface area contributed by atoms with Crippen LogP contribution in [0.3, 0.4) is 0 Å². The first kappa shape index (κ1) is 12.2. The Morgan fingerprint density at radius 1 is 1.42 bits per heavy atom. The quantitative estimate of drug-likeness (QED) is 0.842. The van der Waals surface area contributed by atoms with E-state index in [1.807, 2.05) is 0 Å². The fraction of sp³-hybridized carbons (Fsp3) is 0.933. The van der Waals surface area contributed by atoms with Crippen molar-refractivity contribution in [2.24, 2.45) is 5.92 Å². The van der Waals surface area contributed by atoms with Crippen LogP contribution in [0.15, 0.2) is 0 Å². The Bertz CT molecular complexity index is 405. The van der Waals surface area contributed by atoms with E-state index in [0.29, 0.717) is 30.1 Å². The highest BCUT2D eigenvalue weighted by Crippen LogP contribution is 2.47. The highest BCUT2D eigenvalue weighted by molar-refractivity contribution is 5.92. The highest BCUT2D eigenvalue weighted by atomic mass is 16.5. The number of nitrogens with one attached hydrogen (secondary N) is 1. The Balaban J connectivity index is 1.58. The van der Waals surface area contributed by atoms with Gasteiger partial charge in [-0.3, -0.25) is 10.1 Å². The summed E-state index contributed by atoms with van der Waals surface area (Å²) in [7, 11) is 0. The highest BCUT2D eigenvalue weighted by Gasteiger charge is 2.62. The van der Waals surface area contributed by atoms with Gasteiger partial charge in [0.25, 0.3) is 0 Å². The molecule has 1 saturated carbocycles. The molecule has 0 radical (unpaired) electrons. The summed E-state index contributed by atoms with van der Waals surface area (Å²) in [4.78, 5) is 14.9. The molecule has 3 heterocycles. The number of carbonyl (C=O) groups is 1. The molecule has 0 aromatic rings. The molecule has 0 aromatic carbocycles. The third-order valence-electron chi connectivity index (χ3n) is 5.30. The number of ether oxygens (including phenoxy) is 1. The fourth-order valence-corrected chi connectivity index (χ4v) is 4.23. The van der Waals surface area contributed by atoms with Gasteiger partial charge in [0.05, 0.1) is 30.0 Å². The average Bonchev–Trinajstić information content (AvgIpc) is 2.73. The van der Waals surface area contributed by atoms with Gasteiger partial charge in [-0.2, -0.15) is 0 Å². The Morgan fingerprint density at radius 2 is 2.21 bits per heavy atom. The molecule has 3 aliphatic heterocycles. The lowest BCUT2D eigenvalue weighted by Crippen LogP contribution is -2.49. The predicted molar refractivity (Wildman–Crippen MR) is 71.5 cm³/mol. The second-order valence-corrected chi connectivity index (χ2v) is 7.26. The summed E-state index contributed by atoms with van der Waals surface area (Å²) in [5.74, 6) is 0.973. The van der Waals surface area contributed by atoms with Crippen molar-refractivity contribution in [3.05, 3.63) is 0 Å². The summed E-state index contributed by atoms with van der Waals surface area (Å²) < 4.78 is 5.97. The van der Waals surface area contributed by atoms with Crippen LogP contribution in [-0.4, -0.2) is 40.8 Å². The van der Waals surface area contributed by atoms with E-state index in [-0.39, 0.29) is 11.7 Å². The van der Waals surface area contributed by atoms with E-state index < -0.39 is 0 Å². The van der Waals surface area contributed by atoms with Crippen LogP contribution in [0.2, 0.25) is 0 Å². The molecular formula is C15H24N2O2. The van der Waals surface area contributed by atoms with Crippen LogP contribution in [0.4, 0.5) is 0 Å². The largest absolute Gasteiger partial charge is 0.373 e. The number of amides is 1. The molecule has 4 heteroatoms. The molecular weight excluding hydrogens is 240 g/mol. The lowest BCUT2D eigenvalue weighted by molar-refractivity contribution is -0.134. The molecule has 1 amide bonds. The zero-order valence-corrected chi connectivity index (χ0v) is 11.9. The van der Waals surface area contributed by atoms with Gasteiger partial charge >= 0.3 is 0 Å². The molecule has 4 unspecified atom stereocenters. The zero-order valence-electron chi connectivity index (χ0n) is 11.9. The first-order chi connectivity index (χ1) is 9.09. The number of hydrogen-bond donors (Lipinski definition) is 1. The van der Waals surface area contributed by atoms with Crippen LogP contribution in [0.25, 0.3) is 0 Å². The van der Waals surface area contributed by atoms with Gasteiger partial charge in [-0.1, -0.05) is 13.8 Å². The first-order valence-corrected chi connectivity index (χ1v) is 7.85. The third-order valence-corrected chi connectivity index (χ3v) is 5.30. The monoisotopic (exact) mass is 264 g/mol. The molecule has 1 spiro atoms. The molecule has 1 N–H and O–H groups in total. The summed E-state index contributed by atoms with van der Waals surface area (Å²) in [6.07, 6.45) is 7.46. The minimum Gasteiger partial charge on any atom is -0.373 e. The molecule has 4 rings (SSSR count). The van der Waals surface area contributed by atoms with E-state index in [2.05, 4.69) is 24.1 Å². The lowest BCUT2D eigenvalue weighted by atomic mass is 9.93. The molecule has 106 valence electrons. The van der Waals surface area contributed by atoms with Crippen LogP contribution < -0.4 is 5.32 Å². The van der Waals surface area contributed by atoms with Crippen molar-refractivity contribution in [1.82, 2.24) is 10.2 Å². The van der Waals surface area contributed by atoms with Crippen LogP contribution in [-0.2, 0) is 9.53 Å². The van der Waals surface area contributed by atoms with Gasteiger partial charge in [0.15, 0.2) is 0 Å². The Morgan fingerprint density at radius 3 is 2.74 bits per heavy atom. The topological polar surface area (TPSA) is 41.6 Å². The van der Waals surface area contributed by atoms with Crippen molar-refractivity contribution in [1.29, 1.82) is 0 Å². The standard InChI is InChI=1S/C15H24N2O2/c1-9(2)7-13-16-15(5-6-15)14(18)17(13)11-8-10-3-4-12(11)19-10/h9-13,16H,3-8H2,1-2H3. The first-order valence-electron chi connectivity index (χ1n) is 7.85.